The number of carbonyl (C=O) groups excluding carboxylic acids is 1. The molecule has 16 heavy (non-hydrogen) atoms. The molecule has 0 aromatic carbocycles. The standard InChI is InChI=1S/C8H3BrF5NO/c9-6-4(2-16)5(8(12,13)14)3(1-15-6)7(10)11/h1-2,7H. The summed E-state index contributed by atoms with van der Waals surface area (Å²) in [6.45, 7) is 0. The van der Waals surface area contributed by atoms with Crippen molar-refractivity contribution >= 4 is 22.2 Å². The highest BCUT2D eigenvalue weighted by atomic mass is 79.9. The van der Waals surface area contributed by atoms with Crippen LogP contribution in [-0.2, 0) is 6.18 Å². The number of alkyl halides is 5. The largest absolute Gasteiger partial charge is 0.417 e. The number of pyridine rings is 1. The lowest BCUT2D eigenvalue weighted by Gasteiger charge is -2.14. The molecule has 0 saturated heterocycles. The number of rotatable bonds is 2. The van der Waals surface area contributed by atoms with Crippen LogP contribution in [0, 0.1) is 0 Å². The van der Waals surface area contributed by atoms with Gasteiger partial charge in [0, 0.05) is 11.8 Å². The van der Waals surface area contributed by atoms with Crippen LogP contribution in [0.3, 0.4) is 0 Å². The van der Waals surface area contributed by atoms with Crippen LogP contribution in [0.4, 0.5) is 22.0 Å². The second-order valence-corrected chi connectivity index (χ2v) is 3.46. The molecule has 0 amide bonds. The Morgan fingerprint density at radius 1 is 1.38 bits per heavy atom. The number of nitrogens with zero attached hydrogens (tertiary/aromatic N) is 1. The van der Waals surface area contributed by atoms with Crippen LogP contribution in [-0.4, -0.2) is 11.3 Å². The lowest BCUT2D eigenvalue weighted by molar-refractivity contribution is -0.139. The van der Waals surface area contributed by atoms with E-state index < -0.39 is 33.9 Å². The minimum Gasteiger partial charge on any atom is -0.298 e. The summed E-state index contributed by atoms with van der Waals surface area (Å²) < 4.78 is 61.7. The maximum Gasteiger partial charge on any atom is 0.417 e. The number of hydrogen-bond acceptors (Lipinski definition) is 2. The molecule has 8 heteroatoms. The summed E-state index contributed by atoms with van der Waals surface area (Å²) in [7, 11) is 0. The van der Waals surface area contributed by atoms with Gasteiger partial charge in [-0.1, -0.05) is 0 Å². The van der Waals surface area contributed by atoms with Crippen LogP contribution in [0.5, 0.6) is 0 Å². The molecule has 0 atom stereocenters. The molecule has 0 N–H and O–H groups in total. The quantitative estimate of drug-likeness (QED) is 0.474. The van der Waals surface area contributed by atoms with Crippen molar-refractivity contribution in [2.45, 2.75) is 12.6 Å². The van der Waals surface area contributed by atoms with Gasteiger partial charge in [0.15, 0.2) is 6.29 Å². The number of hydrogen-bond donors (Lipinski definition) is 0. The van der Waals surface area contributed by atoms with Crippen molar-refractivity contribution in [2.75, 3.05) is 0 Å². The summed E-state index contributed by atoms with van der Waals surface area (Å²) in [5.74, 6) is 0. The van der Waals surface area contributed by atoms with Gasteiger partial charge in [0.25, 0.3) is 6.43 Å². The van der Waals surface area contributed by atoms with E-state index in [2.05, 4.69) is 20.9 Å². The highest BCUT2D eigenvalue weighted by Gasteiger charge is 2.39. The van der Waals surface area contributed by atoms with Crippen LogP contribution in [0.15, 0.2) is 10.8 Å². The van der Waals surface area contributed by atoms with Crippen LogP contribution in [0.2, 0.25) is 0 Å². The van der Waals surface area contributed by atoms with Crippen molar-refractivity contribution in [3.8, 4) is 0 Å². The average molecular weight is 304 g/mol. The topological polar surface area (TPSA) is 30.0 Å². The molecular weight excluding hydrogens is 301 g/mol. The summed E-state index contributed by atoms with van der Waals surface area (Å²) in [5, 5.41) is 0. The molecular formula is C8H3BrF5NO. The Balaban J connectivity index is 3.61. The minimum atomic E-state index is -5.03. The molecule has 1 heterocycles. The molecule has 1 rings (SSSR count). The third kappa shape index (κ3) is 2.37. The van der Waals surface area contributed by atoms with E-state index in [1.165, 1.54) is 0 Å². The molecule has 0 aliphatic carbocycles. The SMILES string of the molecule is O=Cc1c(Br)ncc(C(F)F)c1C(F)(F)F. The molecule has 1 aromatic rings. The summed E-state index contributed by atoms with van der Waals surface area (Å²) in [6, 6.07) is 0. The Labute approximate surface area is 94.6 Å². The van der Waals surface area contributed by atoms with Crippen molar-refractivity contribution in [3.05, 3.63) is 27.5 Å². The lowest BCUT2D eigenvalue weighted by atomic mass is 10.1. The van der Waals surface area contributed by atoms with Gasteiger partial charge in [-0.2, -0.15) is 13.2 Å². The van der Waals surface area contributed by atoms with E-state index in [0.29, 0.717) is 6.20 Å². The van der Waals surface area contributed by atoms with Crippen molar-refractivity contribution < 1.29 is 26.7 Å². The Bertz CT molecular complexity index is 418. The fourth-order valence-corrected chi connectivity index (χ4v) is 1.50. The van der Waals surface area contributed by atoms with Gasteiger partial charge in [0.1, 0.15) is 4.60 Å². The normalized spacial score (nSPS) is 11.9. The molecule has 0 aliphatic heterocycles. The first-order valence-corrected chi connectivity index (χ1v) is 4.57. The monoisotopic (exact) mass is 303 g/mol. The molecule has 0 saturated carbocycles. The fraction of sp³-hybridized carbons (Fsp3) is 0.250. The fourth-order valence-electron chi connectivity index (χ4n) is 1.11. The zero-order valence-corrected chi connectivity index (χ0v) is 8.94. The Kier molecular flexibility index (Phi) is 3.61. The molecule has 2 nitrogen and oxygen atoms in total. The first-order valence-electron chi connectivity index (χ1n) is 3.78. The highest BCUT2D eigenvalue weighted by Crippen LogP contribution is 2.39. The van der Waals surface area contributed by atoms with E-state index in [4.69, 9.17) is 0 Å². The molecule has 1 aromatic heterocycles. The maximum absolute atomic E-state index is 12.5. The summed E-state index contributed by atoms with van der Waals surface area (Å²) in [5.41, 5.74) is -3.89. The van der Waals surface area contributed by atoms with Crippen molar-refractivity contribution in [1.29, 1.82) is 0 Å². The number of carbonyl (C=O) groups is 1. The molecule has 0 unspecified atom stereocenters. The van der Waals surface area contributed by atoms with Crippen LogP contribution in [0.25, 0.3) is 0 Å². The predicted octanol–water partition coefficient (Wildman–Crippen LogP) is 3.61. The van der Waals surface area contributed by atoms with E-state index in [1.807, 2.05) is 0 Å². The first kappa shape index (κ1) is 13.0. The van der Waals surface area contributed by atoms with Gasteiger partial charge in [-0.3, -0.25) is 4.79 Å². The molecule has 0 spiro atoms. The van der Waals surface area contributed by atoms with Crippen LogP contribution >= 0.6 is 15.9 Å². The second-order valence-electron chi connectivity index (χ2n) is 2.71. The van der Waals surface area contributed by atoms with E-state index in [1.54, 1.807) is 0 Å². The number of aromatic nitrogens is 1. The maximum atomic E-state index is 12.5. The van der Waals surface area contributed by atoms with Gasteiger partial charge in [0.2, 0.25) is 0 Å². The molecule has 0 bridgehead atoms. The average Bonchev–Trinajstić information content (AvgIpc) is 2.15. The van der Waals surface area contributed by atoms with Crippen LogP contribution in [0.1, 0.15) is 27.9 Å². The first-order chi connectivity index (χ1) is 7.29. The van der Waals surface area contributed by atoms with Gasteiger partial charge < -0.3 is 0 Å². The summed E-state index contributed by atoms with van der Waals surface area (Å²) >= 11 is 2.60. The summed E-state index contributed by atoms with van der Waals surface area (Å²) in [6.07, 6.45) is -8.15. The molecule has 88 valence electrons. The van der Waals surface area contributed by atoms with E-state index in [-0.39, 0.29) is 6.29 Å². The van der Waals surface area contributed by atoms with Gasteiger partial charge in [-0.15, -0.1) is 0 Å². The van der Waals surface area contributed by atoms with E-state index in [0.717, 1.165) is 0 Å². The van der Waals surface area contributed by atoms with Crippen molar-refractivity contribution in [2.24, 2.45) is 0 Å². The zero-order chi connectivity index (χ0) is 12.5. The number of halogens is 6. The van der Waals surface area contributed by atoms with E-state index in [9.17, 15) is 26.7 Å². The number of aldehydes is 1. The summed E-state index contributed by atoms with van der Waals surface area (Å²) in [4.78, 5) is 13.7. The van der Waals surface area contributed by atoms with Crippen LogP contribution < -0.4 is 0 Å². The van der Waals surface area contributed by atoms with Crippen molar-refractivity contribution in [3.63, 3.8) is 0 Å². The van der Waals surface area contributed by atoms with E-state index >= 15 is 0 Å². The Morgan fingerprint density at radius 3 is 2.31 bits per heavy atom. The second kappa shape index (κ2) is 4.44. The Hall–Kier alpha value is -1.05. The smallest absolute Gasteiger partial charge is 0.298 e. The minimum absolute atomic E-state index is 0.161. The zero-order valence-electron chi connectivity index (χ0n) is 7.36. The Morgan fingerprint density at radius 2 is 1.94 bits per heavy atom. The predicted molar refractivity (Wildman–Crippen MR) is 47.3 cm³/mol. The van der Waals surface area contributed by atoms with Gasteiger partial charge in [0.05, 0.1) is 11.1 Å². The molecule has 0 aliphatic rings. The van der Waals surface area contributed by atoms with Gasteiger partial charge in [-0.05, 0) is 15.9 Å². The van der Waals surface area contributed by atoms with Gasteiger partial charge in [-0.25, -0.2) is 13.8 Å². The lowest BCUT2D eigenvalue weighted by Crippen LogP contribution is -2.14. The third-order valence-electron chi connectivity index (χ3n) is 1.73. The highest BCUT2D eigenvalue weighted by molar-refractivity contribution is 9.10. The molecule has 0 radical (unpaired) electrons. The molecule has 0 fully saturated rings. The van der Waals surface area contributed by atoms with Gasteiger partial charge >= 0.3 is 6.18 Å². The van der Waals surface area contributed by atoms with Crippen molar-refractivity contribution in [1.82, 2.24) is 4.98 Å². The third-order valence-corrected chi connectivity index (χ3v) is 2.37.